The first-order valence-corrected chi connectivity index (χ1v) is 2.97. The highest BCUT2D eigenvalue weighted by Crippen LogP contribution is 2.02. The molecule has 0 aromatic rings. The number of nitrogens with two attached hydrogens (primary N) is 2. The Bertz CT molecular complexity index is 150. The number of halogens is 1. The maximum Gasteiger partial charge on any atom is 0.0995 e. The SMILES string of the molecule is C/C(N)=C(C)/C=C(\N)Cl. The molecule has 0 unspecified atom stereocenters. The van der Waals surface area contributed by atoms with Crippen LogP contribution in [0, 0.1) is 0 Å². The van der Waals surface area contributed by atoms with Crippen molar-refractivity contribution < 1.29 is 0 Å². The fraction of sp³-hybridized carbons (Fsp3) is 0.333. The van der Waals surface area contributed by atoms with Gasteiger partial charge in [-0.1, -0.05) is 11.6 Å². The first-order valence-electron chi connectivity index (χ1n) is 2.59. The second-order valence-electron chi connectivity index (χ2n) is 1.90. The molecule has 0 aliphatic heterocycles. The lowest BCUT2D eigenvalue weighted by Gasteiger charge is -1.94. The van der Waals surface area contributed by atoms with Crippen LogP contribution < -0.4 is 11.5 Å². The number of hydrogen-bond donors (Lipinski definition) is 2. The van der Waals surface area contributed by atoms with E-state index in [1.165, 1.54) is 0 Å². The molecule has 4 N–H and O–H groups in total. The van der Waals surface area contributed by atoms with Crippen molar-refractivity contribution in [3.8, 4) is 0 Å². The molecule has 0 saturated heterocycles. The summed E-state index contributed by atoms with van der Waals surface area (Å²) < 4.78 is 0. The Balaban J connectivity index is 4.25. The summed E-state index contributed by atoms with van der Waals surface area (Å²) in [4.78, 5) is 0. The molecule has 0 aromatic carbocycles. The van der Waals surface area contributed by atoms with Crippen molar-refractivity contribution in [3.63, 3.8) is 0 Å². The molecule has 0 radical (unpaired) electrons. The van der Waals surface area contributed by atoms with Gasteiger partial charge in [-0.2, -0.15) is 0 Å². The lowest BCUT2D eigenvalue weighted by atomic mass is 10.2. The Kier molecular flexibility index (Phi) is 3.17. The van der Waals surface area contributed by atoms with Gasteiger partial charge in [0.05, 0.1) is 5.16 Å². The number of allylic oxidation sites excluding steroid dienone is 3. The topological polar surface area (TPSA) is 52.0 Å². The third-order valence-corrected chi connectivity index (χ3v) is 1.09. The minimum atomic E-state index is 0.261. The fourth-order valence-corrected chi connectivity index (χ4v) is 0.484. The van der Waals surface area contributed by atoms with E-state index in [0.717, 1.165) is 11.3 Å². The predicted molar refractivity (Wildman–Crippen MR) is 40.7 cm³/mol. The predicted octanol–water partition coefficient (Wildman–Crippen LogP) is 1.28. The van der Waals surface area contributed by atoms with Gasteiger partial charge < -0.3 is 11.5 Å². The molecule has 3 heteroatoms. The zero-order valence-corrected chi connectivity index (χ0v) is 6.37. The Morgan fingerprint density at radius 2 is 1.78 bits per heavy atom. The molecular formula is C6H11ClN2. The molecule has 0 aliphatic carbocycles. The van der Waals surface area contributed by atoms with Crippen LogP contribution in [0.15, 0.2) is 22.5 Å². The Hall–Kier alpha value is -0.630. The molecule has 0 rings (SSSR count). The van der Waals surface area contributed by atoms with Gasteiger partial charge >= 0.3 is 0 Å². The summed E-state index contributed by atoms with van der Waals surface area (Å²) in [5, 5.41) is 0.261. The largest absolute Gasteiger partial charge is 0.402 e. The maximum absolute atomic E-state index is 5.41. The molecule has 0 fully saturated rings. The molecule has 0 heterocycles. The van der Waals surface area contributed by atoms with Crippen LogP contribution >= 0.6 is 11.6 Å². The first-order chi connectivity index (χ1) is 4.04. The normalized spacial score (nSPS) is 15.2. The van der Waals surface area contributed by atoms with Gasteiger partial charge in [-0.05, 0) is 25.5 Å². The summed E-state index contributed by atoms with van der Waals surface area (Å²) in [6.07, 6.45) is 1.62. The number of hydrogen-bond acceptors (Lipinski definition) is 2. The molecule has 52 valence electrons. The molecule has 0 atom stereocenters. The van der Waals surface area contributed by atoms with Crippen LogP contribution in [0.2, 0.25) is 0 Å². The molecule has 0 bridgehead atoms. The smallest absolute Gasteiger partial charge is 0.0995 e. The van der Waals surface area contributed by atoms with E-state index >= 15 is 0 Å². The van der Waals surface area contributed by atoms with Crippen molar-refractivity contribution in [2.24, 2.45) is 11.5 Å². The quantitative estimate of drug-likeness (QED) is 0.433. The molecule has 0 aromatic heterocycles. The average Bonchev–Trinajstić information content (AvgIpc) is 1.63. The van der Waals surface area contributed by atoms with Crippen molar-refractivity contribution in [1.29, 1.82) is 0 Å². The van der Waals surface area contributed by atoms with Gasteiger partial charge in [0, 0.05) is 5.70 Å². The third-order valence-electron chi connectivity index (χ3n) is 0.976. The summed E-state index contributed by atoms with van der Waals surface area (Å²) in [6, 6.07) is 0. The molecule has 0 saturated carbocycles. The van der Waals surface area contributed by atoms with E-state index in [1.807, 2.05) is 6.92 Å². The van der Waals surface area contributed by atoms with Gasteiger partial charge in [-0.15, -0.1) is 0 Å². The van der Waals surface area contributed by atoms with Crippen LogP contribution in [-0.2, 0) is 0 Å². The van der Waals surface area contributed by atoms with Crippen molar-refractivity contribution in [3.05, 3.63) is 22.5 Å². The van der Waals surface area contributed by atoms with Gasteiger partial charge in [0.2, 0.25) is 0 Å². The standard InChI is InChI=1S/C6H11ClN2/c1-4(5(2)8)3-6(7)9/h3H,8-9H2,1-2H3/b5-4-,6-3-. The molecule has 0 spiro atoms. The third kappa shape index (κ3) is 3.91. The minimum absolute atomic E-state index is 0.261. The Labute approximate surface area is 60.2 Å². The van der Waals surface area contributed by atoms with E-state index in [9.17, 15) is 0 Å². The van der Waals surface area contributed by atoms with Crippen LogP contribution in [0.5, 0.6) is 0 Å². The van der Waals surface area contributed by atoms with Gasteiger partial charge in [-0.3, -0.25) is 0 Å². The molecule has 9 heavy (non-hydrogen) atoms. The van der Waals surface area contributed by atoms with Crippen molar-refractivity contribution in [2.75, 3.05) is 0 Å². The van der Waals surface area contributed by atoms with Crippen LogP contribution in [-0.4, -0.2) is 0 Å². The van der Waals surface area contributed by atoms with E-state index in [4.69, 9.17) is 23.1 Å². The lowest BCUT2D eigenvalue weighted by Crippen LogP contribution is -1.95. The summed E-state index contributed by atoms with van der Waals surface area (Å²) in [5.74, 6) is 0. The molecule has 0 amide bonds. The van der Waals surface area contributed by atoms with Gasteiger partial charge in [0.25, 0.3) is 0 Å². The highest BCUT2D eigenvalue weighted by molar-refractivity contribution is 6.29. The monoisotopic (exact) mass is 146 g/mol. The van der Waals surface area contributed by atoms with Gasteiger partial charge in [-0.25, -0.2) is 0 Å². The van der Waals surface area contributed by atoms with E-state index in [2.05, 4.69) is 0 Å². The number of rotatable bonds is 1. The van der Waals surface area contributed by atoms with Crippen molar-refractivity contribution >= 4 is 11.6 Å². The highest BCUT2D eigenvalue weighted by atomic mass is 35.5. The molecule has 0 aliphatic rings. The van der Waals surface area contributed by atoms with Gasteiger partial charge in [0.15, 0.2) is 0 Å². The summed E-state index contributed by atoms with van der Waals surface area (Å²) in [6.45, 7) is 3.65. The Morgan fingerprint density at radius 1 is 1.33 bits per heavy atom. The maximum atomic E-state index is 5.41. The van der Waals surface area contributed by atoms with E-state index in [0.29, 0.717) is 0 Å². The zero-order chi connectivity index (χ0) is 7.44. The summed E-state index contributed by atoms with van der Waals surface area (Å²) in [7, 11) is 0. The first kappa shape index (κ1) is 8.37. The molecular weight excluding hydrogens is 136 g/mol. The second kappa shape index (κ2) is 3.41. The van der Waals surface area contributed by atoms with Crippen LogP contribution in [0.1, 0.15) is 13.8 Å². The summed E-state index contributed by atoms with van der Waals surface area (Å²) in [5.41, 5.74) is 12.2. The minimum Gasteiger partial charge on any atom is -0.402 e. The summed E-state index contributed by atoms with van der Waals surface area (Å²) >= 11 is 5.37. The van der Waals surface area contributed by atoms with Gasteiger partial charge in [0.1, 0.15) is 0 Å². The second-order valence-corrected chi connectivity index (χ2v) is 2.33. The van der Waals surface area contributed by atoms with E-state index < -0.39 is 0 Å². The van der Waals surface area contributed by atoms with Crippen molar-refractivity contribution in [1.82, 2.24) is 0 Å². The lowest BCUT2D eigenvalue weighted by molar-refractivity contribution is 1.23. The van der Waals surface area contributed by atoms with Crippen LogP contribution in [0.4, 0.5) is 0 Å². The van der Waals surface area contributed by atoms with Crippen molar-refractivity contribution in [2.45, 2.75) is 13.8 Å². The van der Waals surface area contributed by atoms with E-state index in [1.54, 1.807) is 13.0 Å². The fourth-order valence-electron chi connectivity index (χ4n) is 0.321. The van der Waals surface area contributed by atoms with Crippen LogP contribution in [0.3, 0.4) is 0 Å². The van der Waals surface area contributed by atoms with Crippen LogP contribution in [0.25, 0.3) is 0 Å². The Morgan fingerprint density at radius 3 is 1.89 bits per heavy atom. The average molecular weight is 147 g/mol. The van der Waals surface area contributed by atoms with E-state index in [-0.39, 0.29) is 5.16 Å². The molecule has 2 nitrogen and oxygen atoms in total. The zero-order valence-electron chi connectivity index (χ0n) is 5.61. The highest BCUT2D eigenvalue weighted by Gasteiger charge is 1.87.